The predicted octanol–water partition coefficient (Wildman–Crippen LogP) is 1.04. The van der Waals surface area contributed by atoms with E-state index in [4.69, 9.17) is 9.47 Å². The molecule has 2 aromatic carbocycles. The highest BCUT2D eigenvalue weighted by Crippen LogP contribution is 2.15. The van der Waals surface area contributed by atoms with E-state index < -0.39 is 11.9 Å². The largest absolute Gasteiger partial charge is 0.462 e. The zero-order valence-electron chi connectivity index (χ0n) is 16.1. The van der Waals surface area contributed by atoms with Gasteiger partial charge in [0.2, 0.25) is 0 Å². The van der Waals surface area contributed by atoms with Crippen LogP contribution in [0.4, 0.5) is 0 Å². The quantitative estimate of drug-likeness (QED) is 0.300. The second kappa shape index (κ2) is 9.35. The van der Waals surface area contributed by atoms with Gasteiger partial charge in [0.05, 0.1) is 35.7 Å². The Labute approximate surface area is 175 Å². The van der Waals surface area contributed by atoms with Gasteiger partial charge in [0, 0.05) is 6.42 Å². The Morgan fingerprint density at radius 1 is 0.710 bits per heavy atom. The highest BCUT2D eigenvalue weighted by molar-refractivity contribution is 5.94. The summed E-state index contributed by atoms with van der Waals surface area (Å²) < 4.78 is 13.3. The van der Waals surface area contributed by atoms with Crippen molar-refractivity contribution in [2.75, 3.05) is 13.2 Å². The van der Waals surface area contributed by atoms with Gasteiger partial charge >= 0.3 is 11.9 Å². The third kappa shape index (κ3) is 4.58. The zero-order valence-corrected chi connectivity index (χ0v) is 16.1. The van der Waals surface area contributed by atoms with Crippen LogP contribution in [0.3, 0.4) is 0 Å². The van der Waals surface area contributed by atoms with Gasteiger partial charge in [-0.25, -0.2) is 9.59 Å². The highest BCUT2D eigenvalue weighted by atomic mass is 16.5. The van der Waals surface area contributed by atoms with Crippen molar-refractivity contribution in [3.8, 4) is 11.4 Å². The lowest BCUT2D eigenvalue weighted by atomic mass is 10.2. The van der Waals surface area contributed by atoms with Gasteiger partial charge in [0.25, 0.3) is 0 Å². The Hall–Kier alpha value is -4.48. The summed E-state index contributed by atoms with van der Waals surface area (Å²) in [5, 5.41) is 21.9. The molecule has 0 bridgehead atoms. The first-order chi connectivity index (χ1) is 15.2. The van der Waals surface area contributed by atoms with Crippen LogP contribution in [0.2, 0.25) is 0 Å². The fourth-order valence-corrected chi connectivity index (χ4v) is 2.78. The van der Waals surface area contributed by atoms with Gasteiger partial charge in [0.15, 0.2) is 0 Å². The Balaban J connectivity index is 1.29. The van der Waals surface area contributed by atoms with Crippen LogP contribution in [-0.2, 0) is 9.47 Å². The normalized spacial score (nSPS) is 10.6. The van der Waals surface area contributed by atoms with E-state index in [1.54, 1.807) is 48.5 Å². The molecule has 4 aromatic rings. The van der Waals surface area contributed by atoms with Crippen LogP contribution in [0.1, 0.15) is 27.1 Å². The monoisotopic (exact) mass is 420 g/mol. The number of benzene rings is 2. The SMILES string of the molecule is O=C(OCCCOC(=O)c1ccccc1-n1cnnn1)c1ccccc1-n1cnnn1. The van der Waals surface area contributed by atoms with E-state index in [-0.39, 0.29) is 13.2 Å². The summed E-state index contributed by atoms with van der Waals surface area (Å²) in [6, 6.07) is 13.6. The Bertz CT molecular complexity index is 1070. The number of esters is 2. The van der Waals surface area contributed by atoms with E-state index in [0.717, 1.165) is 0 Å². The number of aromatic nitrogens is 8. The number of hydrogen-bond acceptors (Lipinski definition) is 10. The number of tetrazole rings is 2. The second-order valence-electron chi connectivity index (χ2n) is 6.17. The summed E-state index contributed by atoms with van der Waals surface area (Å²) in [5.74, 6) is -1.05. The van der Waals surface area contributed by atoms with Crippen LogP contribution in [0, 0.1) is 0 Å². The molecule has 0 aliphatic rings. The molecule has 0 N–H and O–H groups in total. The summed E-state index contributed by atoms with van der Waals surface area (Å²) in [5.41, 5.74) is 1.65. The molecule has 12 heteroatoms. The average molecular weight is 420 g/mol. The molecular weight excluding hydrogens is 404 g/mol. The van der Waals surface area contributed by atoms with Gasteiger partial charge in [-0.1, -0.05) is 24.3 Å². The summed E-state index contributed by atoms with van der Waals surface area (Å²) >= 11 is 0. The summed E-state index contributed by atoms with van der Waals surface area (Å²) in [6.07, 6.45) is 3.11. The van der Waals surface area contributed by atoms with Gasteiger partial charge < -0.3 is 9.47 Å². The van der Waals surface area contributed by atoms with Crippen molar-refractivity contribution in [3.63, 3.8) is 0 Å². The standard InChI is InChI=1S/C19H16N8O4/c28-18(14-6-1-3-8-16(14)26-12-20-22-24-26)30-10-5-11-31-19(29)15-7-2-4-9-17(15)27-13-21-23-25-27/h1-4,6-9,12-13H,5,10-11H2. The smallest absolute Gasteiger partial charge is 0.340 e. The summed E-state index contributed by atoms with van der Waals surface area (Å²) in [6.45, 7) is 0.148. The average Bonchev–Trinajstić information content (AvgIpc) is 3.53. The molecule has 0 amide bonds. The maximum atomic E-state index is 12.4. The zero-order chi connectivity index (χ0) is 21.5. The second-order valence-corrected chi connectivity index (χ2v) is 6.17. The molecule has 156 valence electrons. The molecule has 0 unspecified atom stereocenters. The molecule has 0 aliphatic heterocycles. The van der Waals surface area contributed by atoms with Crippen molar-refractivity contribution in [2.45, 2.75) is 6.42 Å². The van der Waals surface area contributed by atoms with Gasteiger partial charge in [-0.3, -0.25) is 0 Å². The molecule has 0 spiro atoms. The molecule has 4 rings (SSSR count). The molecule has 0 saturated heterocycles. The number of carbonyl (C=O) groups excluding carboxylic acids is 2. The first-order valence-electron chi connectivity index (χ1n) is 9.23. The molecule has 2 heterocycles. The van der Waals surface area contributed by atoms with Crippen LogP contribution < -0.4 is 0 Å². The number of hydrogen-bond donors (Lipinski definition) is 0. The fraction of sp³-hybridized carbons (Fsp3) is 0.158. The third-order valence-corrected chi connectivity index (χ3v) is 4.19. The molecule has 0 fully saturated rings. The van der Waals surface area contributed by atoms with Crippen LogP contribution in [-0.4, -0.2) is 65.6 Å². The van der Waals surface area contributed by atoms with E-state index >= 15 is 0 Å². The van der Waals surface area contributed by atoms with Crippen molar-refractivity contribution in [3.05, 3.63) is 72.3 Å². The molecule has 0 saturated carbocycles. The van der Waals surface area contributed by atoms with Crippen molar-refractivity contribution in [1.82, 2.24) is 40.4 Å². The van der Waals surface area contributed by atoms with Crippen molar-refractivity contribution < 1.29 is 19.1 Å². The molecule has 0 atom stereocenters. The predicted molar refractivity (Wildman–Crippen MR) is 103 cm³/mol. The Morgan fingerprint density at radius 3 is 1.58 bits per heavy atom. The van der Waals surface area contributed by atoms with E-state index in [9.17, 15) is 9.59 Å². The minimum Gasteiger partial charge on any atom is -0.462 e. The molecule has 12 nitrogen and oxygen atoms in total. The van der Waals surface area contributed by atoms with Crippen LogP contribution in [0.5, 0.6) is 0 Å². The number of ether oxygens (including phenoxy) is 2. The Morgan fingerprint density at radius 2 is 1.16 bits per heavy atom. The van der Waals surface area contributed by atoms with Crippen molar-refractivity contribution >= 4 is 11.9 Å². The van der Waals surface area contributed by atoms with Gasteiger partial charge in [0.1, 0.15) is 12.7 Å². The van der Waals surface area contributed by atoms with Gasteiger partial charge in [-0.2, -0.15) is 9.36 Å². The fourth-order valence-electron chi connectivity index (χ4n) is 2.78. The lowest BCUT2D eigenvalue weighted by Gasteiger charge is -2.10. The van der Waals surface area contributed by atoms with Gasteiger partial charge in [-0.15, -0.1) is 10.2 Å². The topological polar surface area (TPSA) is 140 Å². The van der Waals surface area contributed by atoms with E-state index in [0.29, 0.717) is 28.9 Å². The van der Waals surface area contributed by atoms with Gasteiger partial charge in [-0.05, 0) is 45.1 Å². The van der Waals surface area contributed by atoms with E-state index in [1.807, 2.05) is 0 Å². The first-order valence-corrected chi connectivity index (χ1v) is 9.23. The van der Waals surface area contributed by atoms with E-state index in [1.165, 1.54) is 22.0 Å². The molecule has 2 aromatic heterocycles. The molecule has 0 aliphatic carbocycles. The van der Waals surface area contributed by atoms with Crippen LogP contribution in [0.25, 0.3) is 11.4 Å². The maximum absolute atomic E-state index is 12.4. The minimum absolute atomic E-state index is 0.0741. The lowest BCUT2D eigenvalue weighted by Crippen LogP contribution is -2.14. The number of para-hydroxylation sites is 2. The maximum Gasteiger partial charge on any atom is 0.340 e. The molecule has 0 radical (unpaired) electrons. The molecule has 31 heavy (non-hydrogen) atoms. The van der Waals surface area contributed by atoms with Crippen LogP contribution in [0.15, 0.2) is 61.2 Å². The number of rotatable bonds is 8. The Kier molecular flexibility index (Phi) is 5.97. The van der Waals surface area contributed by atoms with Crippen LogP contribution >= 0.6 is 0 Å². The number of carbonyl (C=O) groups is 2. The van der Waals surface area contributed by atoms with Crippen molar-refractivity contribution in [2.24, 2.45) is 0 Å². The molecular formula is C19H16N8O4. The lowest BCUT2D eigenvalue weighted by molar-refractivity contribution is 0.0396. The minimum atomic E-state index is -0.526. The highest BCUT2D eigenvalue weighted by Gasteiger charge is 2.16. The van der Waals surface area contributed by atoms with E-state index in [2.05, 4.69) is 31.1 Å². The first kappa shape index (κ1) is 19.8. The summed E-state index contributed by atoms with van der Waals surface area (Å²) in [4.78, 5) is 24.8. The number of nitrogens with zero attached hydrogens (tertiary/aromatic N) is 8. The third-order valence-electron chi connectivity index (χ3n) is 4.19. The van der Waals surface area contributed by atoms with Crippen molar-refractivity contribution in [1.29, 1.82) is 0 Å². The summed E-state index contributed by atoms with van der Waals surface area (Å²) in [7, 11) is 0.